The molecule has 0 aliphatic carbocycles. The van der Waals surface area contributed by atoms with Crippen LogP contribution >= 0.6 is 0 Å². The van der Waals surface area contributed by atoms with Gasteiger partial charge in [-0.15, -0.1) is 0 Å². The molecule has 1 aromatic rings. The van der Waals surface area contributed by atoms with Crippen LogP contribution in [0.3, 0.4) is 0 Å². The third-order valence-corrected chi connectivity index (χ3v) is 3.81. The molecule has 2 N–H and O–H groups in total. The van der Waals surface area contributed by atoms with Crippen LogP contribution in [0.5, 0.6) is 11.5 Å². The Morgan fingerprint density at radius 1 is 1.19 bits per heavy atom. The molecule has 150 valence electrons. The van der Waals surface area contributed by atoms with Gasteiger partial charge in [-0.05, 0) is 19.1 Å². The van der Waals surface area contributed by atoms with Gasteiger partial charge in [0.2, 0.25) is 5.90 Å². The van der Waals surface area contributed by atoms with E-state index < -0.39 is 11.5 Å². The van der Waals surface area contributed by atoms with Gasteiger partial charge in [0, 0.05) is 7.11 Å². The van der Waals surface area contributed by atoms with Gasteiger partial charge in [0.1, 0.15) is 30.3 Å². The number of aromatic hydroxyl groups is 1. The third-order valence-electron chi connectivity index (χ3n) is 3.81. The van der Waals surface area contributed by atoms with E-state index in [-0.39, 0.29) is 30.4 Å². The number of methoxy groups -OCH3 is 1. The van der Waals surface area contributed by atoms with Crippen LogP contribution in [0.25, 0.3) is 0 Å². The number of nitrogens with zero attached hydrogens (tertiary/aromatic N) is 1. The van der Waals surface area contributed by atoms with Crippen LogP contribution in [-0.4, -0.2) is 81.0 Å². The number of aliphatic carboxylic acids is 1. The third kappa shape index (κ3) is 5.81. The molecule has 1 aromatic carbocycles. The fraction of sp³-hybridized carbons (Fsp3) is 0.556. The van der Waals surface area contributed by atoms with Crippen LogP contribution in [-0.2, 0) is 23.7 Å². The van der Waals surface area contributed by atoms with E-state index in [1.54, 1.807) is 19.2 Å². The Balaban J connectivity index is 1.88. The number of aliphatic imine (C=N–C) groups is 1. The van der Waals surface area contributed by atoms with Gasteiger partial charge in [-0.1, -0.05) is 6.07 Å². The van der Waals surface area contributed by atoms with Crippen LogP contribution in [0, 0.1) is 0 Å². The summed E-state index contributed by atoms with van der Waals surface area (Å²) in [6.45, 7) is 3.83. The lowest BCUT2D eigenvalue weighted by atomic mass is 10.1. The van der Waals surface area contributed by atoms with Gasteiger partial charge in [0.05, 0.1) is 33.0 Å². The zero-order chi connectivity index (χ0) is 19.7. The van der Waals surface area contributed by atoms with E-state index in [9.17, 15) is 15.0 Å². The first-order chi connectivity index (χ1) is 13.0. The van der Waals surface area contributed by atoms with Crippen LogP contribution in [0.2, 0.25) is 0 Å². The number of ether oxygens (including phenoxy) is 5. The van der Waals surface area contributed by atoms with E-state index in [4.69, 9.17) is 23.7 Å². The highest BCUT2D eigenvalue weighted by Gasteiger charge is 2.41. The highest BCUT2D eigenvalue weighted by Crippen LogP contribution is 2.32. The molecular weight excluding hydrogens is 358 g/mol. The first kappa shape index (κ1) is 20.9. The molecular formula is C18H25NO8. The summed E-state index contributed by atoms with van der Waals surface area (Å²) in [7, 11) is 1.61. The number of phenols is 1. The Morgan fingerprint density at radius 2 is 1.85 bits per heavy atom. The van der Waals surface area contributed by atoms with E-state index in [1.807, 2.05) is 0 Å². The van der Waals surface area contributed by atoms with Gasteiger partial charge in [0.15, 0.2) is 5.54 Å². The van der Waals surface area contributed by atoms with Crippen molar-refractivity contribution in [1.82, 2.24) is 0 Å². The monoisotopic (exact) mass is 383 g/mol. The molecule has 2 rings (SSSR count). The zero-order valence-corrected chi connectivity index (χ0v) is 15.5. The van der Waals surface area contributed by atoms with E-state index in [1.165, 1.54) is 13.0 Å². The molecule has 0 aromatic heterocycles. The van der Waals surface area contributed by atoms with Crippen LogP contribution in [0.15, 0.2) is 23.2 Å². The molecule has 0 bridgehead atoms. The van der Waals surface area contributed by atoms with Crippen molar-refractivity contribution in [2.75, 3.05) is 53.4 Å². The van der Waals surface area contributed by atoms with Gasteiger partial charge in [-0.3, -0.25) is 0 Å². The minimum Gasteiger partial charge on any atom is -0.507 e. The molecule has 27 heavy (non-hydrogen) atoms. The average Bonchev–Trinajstić information content (AvgIpc) is 3.03. The number of hydrogen-bond acceptors (Lipinski definition) is 8. The van der Waals surface area contributed by atoms with Gasteiger partial charge < -0.3 is 33.9 Å². The van der Waals surface area contributed by atoms with E-state index in [0.717, 1.165) is 0 Å². The highest BCUT2D eigenvalue weighted by molar-refractivity contribution is 6.02. The number of hydrogen-bond donors (Lipinski definition) is 2. The number of rotatable bonds is 12. The Morgan fingerprint density at radius 3 is 2.48 bits per heavy atom. The molecule has 1 aliphatic rings. The smallest absolute Gasteiger partial charge is 0.335 e. The summed E-state index contributed by atoms with van der Waals surface area (Å²) >= 11 is 0. The Labute approximate surface area is 157 Å². The fourth-order valence-corrected chi connectivity index (χ4v) is 2.26. The lowest BCUT2D eigenvalue weighted by molar-refractivity contribution is -0.142. The first-order valence-electron chi connectivity index (χ1n) is 8.53. The summed E-state index contributed by atoms with van der Waals surface area (Å²) in [5, 5.41) is 19.4. The highest BCUT2D eigenvalue weighted by atomic mass is 16.6. The number of benzene rings is 1. The number of carboxylic acids is 1. The first-order valence-corrected chi connectivity index (χ1v) is 8.53. The van der Waals surface area contributed by atoms with Gasteiger partial charge in [-0.2, -0.15) is 0 Å². The maximum Gasteiger partial charge on any atom is 0.335 e. The van der Waals surface area contributed by atoms with Crippen molar-refractivity contribution in [3.63, 3.8) is 0 Å². The minimum absolute atomic E-state index is 0.0421. The molecule has 0 spiro atoms. The van der Waals surface area contributed by atoms with Crippen molar-refractivity contribution in [1.29, 1.82) is 0 Å². The molecule has 0 radical (unpaired) electrons. The second-order valence-corrected chi connectivity index (χ2v) is 6.00. The zero-order valence-electron chi connectivity index (χ0n) is 15.5. The van der Waals surface area contributed by atoms with E-state index in [2.05, 4.69) is 4.99 Å². The Hall–Kier alpha value is -2.36. The topological polar surface area (TPSA) is 116 Å². The van der Waals surface area contributed by atoms with Crippen molar-refractivity contribution >= 4 is 11.9 Å². The maximum atomic E-state index is 11.3. The predicted molar refractivity (Wildman–Crippen MR) is 95.6 cm³/mol. The van der Waals surface area contributed by atoms with Crippen LogP contribution in [0.4, 0.5) is 0 Å². The van der Waals surface area contributed by atoms with Gasteiger partial charge >= 0.3 is 5.97 Å². The molecule has 0 fully saturated rings. The maximum absolute atomic E-state index is 11.3. The second-order valence-electron chi connectivity index (χ2n) is 6.00. The lowest BCUT2D eigenvalue weighted by Crippen LogP contribution is -2.34. The van der Waals surface area contributed by atoms with Crippen LogP contribution in [0.1, 0.15) is 12.5 Å². The number of carbonyl (C=O) groups is 1. The summed E-state index contributed by atoms with van der Waals surface area (Å²) in [4.78, 5) is 15.4. The molecule has 9 nitrogen and oxygen atoms in total. The minimum atomic E-state index is -1.39. The van der Waals surface area contributed by atoms with E-state index in [0.29, 0.717) is 38.8 Å². The summed E-state index contributed by atoms with van der Waals surface area (Å²) < 4.78 is 26.6. The normalized spacial score (nSPS) is 18.8. The summed E-state index contributed by atoms with van der Waals surface area (Å²) in [5.41, 5.74) is -1.16. The molecule has 0 saturated heterocycles. The SMILES string of the molecule is COCCOCCOCCOc1cccc(O)c1C1=N[C@@](C)(C(=O)O)CO1. The Kier molecular flexibility index (Phi) is 7.83. The van der Waals surface area contributed by atoms with Crippen molar-refractivity contribution in [2.24, 2.45) is 4.99 Å². The average molecular weight is 383 g/mol. The molecule has 1 heterocycles. The second kappa shape index (κ2) is 10.1. The quantitative estimate of drug-likeness (QED) is 0.515. The summed E-state index contributed by atoms with van der Waals surface area (Å²) in [6, 6.07) is 4.72. The van der Waals surface area contributed by atoms with E-state index >= 15 is 0 Å². The number of carboxylic acid groups (broad SMARTS) is 1. The number of phenolic OH excluding ortho intramolecular Hbond substituents is 1. The standard InChI is InChI=1S/C18H25NO8/c1-18(17(21)22)12-27-16(19-18)15-13(20)4-3-5-14(15)26-11-10-25-9-8-24-7-6-23-2/h3-5,20H,6-12H2,1-2H3,(H,21,22)/t18-/m1/s1. The van der Waals surface area contributed by atoms with Crippen LogP contribution < -0.4 is 4.74 Å². The molecule has 9 heteroatoms. The molecule has 0 saturated carbocycles. The van der Waals surface area contributed by atoms with Gasteiger partial charge in [-0.25, -0.2) is 9.79 Å². The molecule has 1 aliphatic heterocycles. The van der Waals surface area contributed by atoms with Gasteiger partial charge in [0.25, 0.3) is 0 Å². The van der Waals surface area contributed by atoms with Crippen molar-refractivity contribution in [2.45, 2.75) is 12.5 Å². The molecule has 0 unspecified atom stereocenters. The summed E-state index contributed by atoms with van der Waals surface area (Å²) in [5.74, 6) is -0.825. The fourth-order valence-electron chi connectivity index (χ4n) is 2.26. The summed E-state index contributed by atoms with van der Waals surface area (Å²) in [6.07, 6.45) is 0. The largest absolute Gasteiger partial charge is 0.507 e. The lowest BCUT2D eigenvalue weighted by Gasteiger charge is -2.12. The van der Waals surface area contributed by atoms with Crippen molar-refractivity contribution < 1.29 is 38.7 Å². The Bertz CT molecular complexity index is 663. The predicted octanol–water partition coefficient (Wildman–Crippen LogP) is 1.07. The molecule has 1 atom stereocenters. The van der Waals surface area contributed by atoms with Crippen molar-refractivity contribution in [3.8, 4) is 11.5 Å². The van der Waals surface area contributed by atoms with Crippen molar-refractivity contribution in [3.05, 3.63) is 23.8 Å². The molecule has 0 amide bonds.